The Morgan fingerprint density at radius 1 is 1.35 bits per heavy atom. The molecule has 0 atom stereocenters. The lowest BCUT2D eigenvalue weighted by molar-refractivity contribution is -0.126. The Kier molecular flexibility index (Phi) is 4.33. The van der Waals surface area contributed by atoms with Crippen LogP contribution in [0.5, 0.6) is 5.75 Å². The van der Waals surface area contributed by atoms with Crippen molar-refractivity contribution in [1.29, 1.82) is 5.26 Å². The summed E-state index contributed by atoms with van der Waals surface area (Å²) in [4.78, 5) is 23.1. The van der Waals surface area contributed by atoms with E-state index < -0.39 is 17.1 Å². The fourth-order valence-corrected chi connectivity index (χ4v) is 2.54. The predicted octanol–water partition coefficient (Wildman–Crippen LogP) is 3.17. The van der Waals surface area contributed by atoms with E-state index in [1.807, 2.05) is 0 Å². The van der Waals surface area contributed by atoms with Crippen molar-refractivity contribution < 1.29 is 19.1 Å². The zero-order chi connectivity index (χ0) is 17.3. The van der Waals surface area contributed by atoms with E-state index in [0.717, 1.165) is 0 Å². The number of hydrogen-bond donors (Lipinski definition) is 1. The molecule has 0 aliphatic heterocycles. The Hall–Kier alpha value is -2.55. The maximum atomic E-state index is 11.8. The van der Waals surface area contributed by atoms with Crippen molar-refractivity contribution in [2.75, 3.05) is 12.4 Å². The van der Waals surface area contributed by atoms with Crippen LogP contribution in [0.1, 0.15) is 39.2 Å². The number of hydrogen-bond acceptors (Lipinski definition) is 5. The molecule has 1 aromatic carbocycles. The van der Waals surface area contributed by atoms with Crippen LogP contribution in [-0.2, 0) is 14.9 Å². The van der Waals surface area contributed by atoms with E-state index in [1.54, 1.807) is 39.0 Å². The van der Waals surface area contributed by atoms with Crippen LogP contribution in [0.15, 0.2) is 18.2 Å². The number of ether oxygens (including phenoxy) is 2. The van der Waals surface area contributed by atoms with Crippen molar-refractivity contribution in [3.05, 3.63) is 23.8 Å². The summed E-state index contributed by atoms with van der Waals surface area (Å²) in [6, 6.07) is 7.22. The first kappa shape index (κ1) is 16.8. The number of methoxy groups -OCH3 is 1. The number of nitrogens with zero attached hydrogens (tertiary/aromatic N) is 1. The van der Waals surface area contributed by atoms with Crippen LogP contribution in [-0.4, -0.2) is 24.6 Å². The van der Waals surface area contributed by atoms with Crippen molar-refractivity contribution in [2.45, 2.75) is 44.6 Å². The highest BCUT2D eigenvalue weighted by molar-refractivity contribution is 5.91. The van der Waals surface area contributed by atoms with E-state index in [-0.39, 0.29) is 18.6 Å². The van der Waals surface area contributed by atoms with E-state index in [9.17, 15) is 14.9 Å². The molecule has 1 saturated carbocycles. The third-order valence-corrected chi connectivity index (χ3v) is 3.57. The minimum Gasteiger partial charge on any atom is -0.496 e. The number of nitriles is 1. The predicted molar refractivity (Wildman–Crippen MR) is 84.4 cm³/mol. The summed E-state index contributed by atoms with van der Waals surface area (Å²) < 4.78 is 10.5. The Morgan fingerprint density at radius 2 is 2.00 bits per heavy atom. The molecule has 1 N–H and O–H groups in total. The molecule has 0 aromatic heterocycles. The molecule has 1 aliphatic carbocycles. The molecule has 0 unspecified atom stereocenters. The zero-order valence-electron chi connectivity index (χ0n) is 13.7. The number of carbonyl (C=O) groups is 2. The number of amides is 1. The van der Waals surface area contributed by atoms with E-state index in [4.69, 9.17) is 9.47 Å². The molecular weight excluding hydrogens is 296 g/mol. The van der Waals surface area contributed by atoms with Crippen molar-refractivity contribution in [3.8, 4) is 11.8 Å². The Balaban J connectivity index is 2.22. The monoisotopic (exact) mass is 316 g/mol. The standard InChI is InChI=1S/C17H20N2O4/c1-16(2,3)23-15(21)19-11-5-6-13(14(7-11)22-4)17(10-18)8-12(20)9-17/h5-7H,8-9H2,1-4H3,(H,19,21). The zero-order valence-corrected chi connectivity index (χ0v) is 13.7. The summed E-state index contributed by atoms with van der Waals surface area (Å²) in [6.45, 7) is 5.33. The van der Waals surface area contributed by atoms with Gasteiger partial charge in [0.1, 0.15) is 17.1 Å². The summed E-state index contributed by atoms with van der Waals surface area (Å²) >= 11 is 0. The van der Waals surface area contributed by atoms with Crippen molar-refractivity contribution in [1.82, 2.24) is 0 Å². The lowest BCUT2D eigenvalue weighted by atomic mass is 9.64. The van der Waals surface area contributed by atoms with Gasteiger partial charge in [-0.15, -0.1) is 0 Å². The minimum absolute atomic E-state index is 0.0598. The van der Waals surface area contributed by atoms with Gasteiger partial charge in [0.2, 0.25) is 0 Å². The van der Waals surface area contributed by atoms with Crippen molar-refractivity contribution >= 4 is 17.6 Å². The highest BCUT2D eigenvalue weighted by Gasteiger charge is 2.47. The van der Waals surface area contributed by atoms with Crippen molar-refractivity contribution in [2.24, 2.45) is 0 Å². The molecule has 0 radical (unpaired) electrons. The summed E-state index contributed by atoms with van der Waals surface area (Å²) in [7, 11) is 1.49. The quantitative estimate of drug-likeness (QED) is 0.925. The second-order valence-electron chi connectivity index (χ2n) is 6.63. The smallest absolute Gasteiger partial charge is 0.412 e. The van der Waals surface area contributed by atoms with Crippen LogP contribution in [0.4, 0.5) is 10.5 Å². The molecule has 2 rings (SSSR count). The summed E-state index contributed by atoms with van der Waals surface area (Å²) in [5.74, 6) is 0.525. The molecule has 122 valence electrons. The molecule has 23 heavy (non-hydrogen) atoms. The number of benzene rings is 1. The third kappa shape index (κ3) is 3.62. The van der Waals surface area contributed by atoms with Crippen LogP contribution in [0.2, 0.25) is 0 Å². The molecule has 6 nitrogen and oxygen atoms in total. The summed E-state index contributed by atoms with van der Waals surface area (Å²) in [6.07, 6.45) is -0.182. The van der Waals surface area contributed by atoms with E-state index in [0.29, 0.717) is 17.0 Å². The fraction of sp³-hybridized carbons (Fsp3) is 0.471. The molecule has 1 aromatic rings. The summed E-state index contributed by atoms with van der Waals surface area (Å²) in [5.41, 5.74) is -0.256. The maximum absolute atomic E-state index is 11.8. The Bertz CT molecular complexity index is 675. The second kappa shape index (κ2) is 5.92. The number of ketones is 1. The lowest BCUT2D eigenvalue weighted by Crippen LogP contribution is -2.40. The molecule has 0 spiro atoms. The molecule has 0 heterocycles. The number of carbonyl (C=O) groups excluding carboxylic acids is 2. The number of nitrogens with one attached hydrogen (secondary N) is 1. The molecule has 1 fully saturated rings. The molecule has 0 saturated heterocycles. The van der Waals surface area contributed by atoms with Crippen LogP contribution >= 0.6 is 0 Å². The van der Waals surface area contributed by atoms with Crippen LogP contribution in [0, 0.1) is 11.3 Å². The summed E-state index contributed by atoms with van der Waals surface area (Å²) in [5, 5.41) is 12.0. The third-order valence-electron chi connectivity index (χ3n) is 3.57. The van der Waals surface area contributed by atoms with Gasteiger partial charge < -0.3 is 9.47 Å². The average molecular weight is 316 g/mol. The van der Waals surface area contributed by atoms with Gasteiger partial charge in [0, 0.05) is 30.2 Å². The van der Waals surface area contributed by atoms with Crippen LogP contribution in [0.25, 0.3) is 0 Å². The van der Waals surface area contributed by atoms with Crippen LogP contribution < -0.4 is 10.1 Å². The molecule has 1 aliphatic rings. The normalized spacial score (nSPS) is 16.0. The van der Waals surface area contributed by atoms with Crippen molar-refractivity contribution in [3.63, 3.8) is 0 Å². The Labute approximate surface area is 135 Å². The first-order chi connectivity index (χ1) is 10.7. The Morgan fingerprint density at radius 3 is 2.48 bits per heavy atom. The number of rotatable bonds is 3. The van der Waals surface area contributed by atoms with Gasteiger partial charge in [-0.3, -0.25) is 10.1 Å². The topological polar surface area (TPSA) is 88.4 Å². The first-order valence-electron chi connectivity index (χ1n) is 7.30. The van der Waals surface area contributed by atoms with E-state index >= 15 is 0 Å². The van der Waals surface area contributed by atoms with Gasteiger partial charge in [0.25, 0.3) is 0 Å². The highest BCUT2D eigenvalue weighted by atomic mass is 16.6. The lowest BCUT2D eigenvalue weighted by Gasteiger charge is -2.35. The molecule has 0 bridgehead atoms. The largest absolute Gasteiger partial charge is 0.496 e. The fourth-order valence-electron chi connectivity index (χ4n) is 2.54. The molecule has 1 amide bonds. The molecule has 6 heteroatoms. The van der Waals surface area contributed by atoms with E-state index in [1.165, 1.54) is 7.11 Å². The van der Waals surface area contributed by atoms with Gasteiger partial charge >= 0.3 is 6.09 Å². The van der Waals surface area contributed by atoms with Crippen LogP contribution in [0.3, 0.4) is 0 Å². The highest BCUT2D eigenvalue weighted by Crippen LogP contribution is 2.45. The number of Topliss-reactive ketones (excluding diaryl/α,β-unsaturated/α-hetero) is 1. The maximum Gasteiger partial charge on any atom is 0.412 e. The van der Waals surface area contributed by atoms with Gasteiger partial charge in [-0.25, -0.2) is 4.79 Å². The molecular formula is C17H20N2O4. The van der Waals surface area contributed by atoms with Gasteiger partial charge in [-0.05, 0) is 26.8 Å². The van der Waals surface area contributed by atoms with Gasteiger partial charge in [0.05, 0.1) is 18.6 Å². The SMILES string of the molecule is COc1cc(NC(=O)OC(C)(C)C)ccc1C1(C#N)CC(=O)C1. The van der Waals surface area contributed by atoms with Gasteiger partial charge in [-0.1, -0.05) is 6.07 Å². The minimum atomic E-state index is -0.827. The number of anilines is 1. The van der Waals surface area contributed by atoms with Gasteiger partial charge in [-0.2, -0.15) is 5.26 Å². The van der Waals surface area contributed by atoms with E-state index in [2.05, 4.69) is 11.4 Å². The second-order valence-corrected chi connectivity index (χ2v) is 6.63. The average Bonchev–Trinajstić information content (AvgIpc) is 2.41. The first-order valence-corrected chi connectivity index (χ1v) is 7.30. The van der Waals surface area contributed by atoms with Gasteiger partial charge in [0.15, 0.2) is 0 Å².